The number of benzene rings is 2. The summed E-state index contributed by atoms with van der Waals surface area (Å²) in [5, 5.41) is 0. The van der Waals surface area contributed by atoms with Crippen molar-refractivity contribution in [3.8, 4) is 5.75 Å². The Balaban J connectivity index is 1.94. The lowest BCUT2D eigenvalue weighted by atomic mass is 10.1. The van der Waals surface area contributed by atoms with Crippen molar-refractivity contribution in [1.29, 1.82) is 0 Å². The third-order valence-corrected chi connectivity index (χ3v) is 4.26. The maximum absolute atomic E-state index is 12.8. The van der Waals surface area contributed by atoms with E-state index in [2.05, 4.69) is 0 Å². The summed E-state index contributed by atoms with van der Waals surface area (Å²) in [6, 6.07) is 12.9. The van der Waals surface area contributed by atoms with Crippen LogP contribution in [0.4, 0.5) is 0 Å². The van der Waals surface area contributed by atoms with Crippen molar-refractivity contribution in [1.82, 2.24) is 0 Å². The number of ketones is 1. The first-order valence-corrected chi connectivity index (χ1v) is 8.81. The number of carbonyl (C=O) groups is 1. The van der Waals surface area contributed by atoms with Gasteiger partial charge in [0.2, 0.25) is 17.4 Å². The Kier molecular flexibility index (Phi) is 3.87. The molecule has 1 aliphatic rings. The fourth-order valence-corrected chi connectivity index (χ4v) is 3.08. The van der Waals surface area contributed by atoms with Gasteiger partial charge in [-0.15, -0.1) is 0 Å². The molecule has 8 heteroatoms. The first-order valence-electron chi connectivity index (χ1n) is 8.90. The molecule has 136 valence electrons. The Hall–Kier alpha value is -3.00. The Labute approximate surface area is 155 Å². The Bertz CT molecular complexity index is 1090. The molecule has 1 aliphatic heterocycles. The first-order chi connectivity index (χ1) is 13.5. The Morgan fingerprint density at radius 3 is 2.65 bits per heavy atom. The van der Waals surface area contributed by atoms with Crippen LogP contribution in [0.3, 0.4) is 0 Å². The summed E-state index contributed by atoms with van der Waals surface area (Å²) in [5.74, 6) is -2.54. The molecule has 1 unspecified atom stereocenters. The van der Waals surface area contributed by atoms with Gasteiger partial charge in [0.05, 0.1) is 11.2 Å². The summed E-state index contributed by atoms with van der Waals surface area (Å²) >= 11 is 0. The van der Waals surface area contributed by atoms with E-state index in [0.29, 0.717) is 5.75 Å². The van der Waals surface area contributed by atoms with Gasteiger partial charge in [0, 0.05) is 5.56 Å². The molecule has 7 nitrogen and oxygen atoms in total. The maximum atomic E-state index is 12.8. The quantitative estimate of drug-likeness (QED) is 0.767. The minimum Gasteiger partial charge on any atom is -0.497 e. The minimum absolute atomic E-state index is 0.0341. The lowest BCUT2D eigenvalue weighted by molar-refractivity contribution is -0.123. The largest absolute Gasteiger partial charge is 0.497 e. The highest BCUT2D eigenvalue weighted by Crippen LogP contribution is 2.33. The van der Waals surface area contributed by atoms with Crippen LogP contribution in [0, 0.1) is 0 Å². The van der Waals surface area contributed by atoms with Crippen LogP contribution in [0.1, 0.15) is 21.3 Å². The highest BCUT2D eigenvalue weighted by atomic mass is 32.2. The average molecular weight is 378 g/mol. The van der Waals surface area contributed by atoms with Crippen molar-refractivity contribution in [2.24, 2.45) is 5.73 Å². The van der Waals surface area contributed by atoms with Crippen LogP contribution >= 0.6 is 0 Å². The summed E-state index contributed by atoms with van der Waals surface area (Å²) in [6.45, 7) is 0. The van der Waals surface area contributed by atoms with Crippen LogP contribution in [0.25, 0.3) is 0 Å². The molecule has 0 aliphatic carbocycles. The zero-order chi connectivity index (χ0) is 21.4. The number of carbonyl (C=O) groups excluding carboxylic acids is 1. The van der Waals surface area contributed by atoms with Gasteiger partial charge in [-0.1, -0.05) is 42.5 Å². The molecule has 0 amide bonds. The topological polar surface area (TPSA) is 105 Å². The van der Waals surface area contributed by atoms with Gasteiger partial charge in [-0.05, 0) is 17.7 Å². The van der Waals surface area contributed by atoms with E-state index in [1.165, 1.54) is 49.6 Å². The number of ether oxygens (including phenoxy) is 2. The smallest absolute Gasteiger partial charge is 0.313 e. The van der Waals surface area contributed by atoms with E-state index in [-0.39, 0.29) is 11.1 Å². The minimum atomic E-state index is -5.02. The molecule has 26 heavy (non-hydrogen) atoms. The standard InChI is InChI=1S/C18H17NO6S/c1-23-14-9-5-8-13(10-14)16-15(20)17(18(19)24-16)25-26(21,22)11-12-6-3-2-4-7-12/h2-10,16H,11,19H2,1H3/i11D2,16D. The molecule has 0 spiro atoms. The van der Waals surface area contributed by atoms with Crippen molar-refractivity contribution < 1.29 is 31.0 Å². The Morgan fingerprint density at radius 2 is 1.96 bits per heavy atom. The molecule has 0 aromatic heterocycles. The lowest BCUT2D eigenvalue weighted by Crippen LogP contribution is -2.16. The van der Waals surface area contributed by atoms with Gasteiger partial charge in [-0.3, -0.25) is 4.79 Å². The monoisotopic (exact) mass is 378 g/mol. The summed E-state index contributed by atoms with van der Waals surface area (Å²) < 4.78 is 64.4. The third kappa shape index (κ3) is 3.80. The fraction of sp³-hybridized carbons (Fsp3) is 0.167. The molecule has 0 saturated carbocycles. The molecule has 2 N–H and O–H groups in total. The van der Waals surface area contributed by atoms with E-state index in [4.69, 9.17) is 23.5 Å². The van der Waals surface area contributed by atoms with Crippen LogP contribution in [0.2, 0.25) is 0 Å². The van der Waals surface area contributed by atoms with Crippen LogP contribution in [-0.2, 0) is 29.5 Å². The Morgan fingerprint density at radius 1 is 1.23 bits per heavy atom. The van der Waals surface area contributed by atoms with Gasteiger partial charge in [0.25, 0.3) is 0 Å². The molecule has 2 aromatic carbocycles. The molecular weight excluding hydrogens is 358 g/mol. The number of hydrogen-bond donors (Lipinski definition) is 1. The van der Waals surface area contributed by atoms with Crippen molar-refractivity contribution in [3.63, 3.8) is 0 Å². The van der Waals surface area contributed by atoms with Crippen molar-refractivity contribution in [3.05, 3.63) is 77.4 Å². The second-order valence-electron chi connectivity index (χ2n) is 5.19. The van der Waals surface area contributed by atoms with Gasteiger partial charge in [-0.25, -0.2) is 0 Å². The van der Waals surface area contributed by atoms with Crippen LogP contribution in [-0.4, -0.2) is 21.3 Å². The zero-order valence-corrected chi connectivity index (χ0v) is 14.4. The predicted molar refractivity (Wildman–Crippen MR) is 93.2 cm³/mol. The van der Waals surface area contributed by atoms with E-state index < -0.39 is 39.3 Å². The number of Topliss-reactive ketones (excluding diaryl/α,β-unsaturated/α-hetero) is 1. The second-order valence-corrected chi connectivity index (χ2v) is 6.47. The summed E-state index contributed by atoms with van der Waals surface area (Å²) in [6.07, 6.45) is -2.40. The molecular formula is C18H17NO6S. The van der Waals surface area contributed by atoms with E-state index in [1.54, 1.807) is 12.1 Å². The summed E-state index contributed by atoms with van der Waals surface area (Å²) in [4.78, 5) is 12.8. The van der Waals surface area contributed by atoms with Gasteiger partial charge in [0.15, 0.2) is 6.08 Å². The van der Waals surface area contributed by atoms with Crippen molar-refractivity contribution in [2.75, 3.05) is 7.11 Å². The van der Waals surface area contributed by atoms with Crippen molar-refractivity contribution >= 4 is 15.9 Å². The van der Waals surface area contributed by atoms with Crippen LogP contribution < -0.4 is 10.5 Å². The number of nitrogens with two attached hydrogens (primary N) is 1. The average Bonchev–Trinajstić information content (AvgIpc) is 2.92. The molecule has 0 saturated heterocycles. The number of rotatable bonds is 6. The van der Waals surface area contributed by atoms with Crippen LogP contribution in [0.5, 0.6) is 5.75 Å². The van der Waals surface area contributed by atoms with E-state index in [9.17, 15) is 13.2 Å². The highest BCUT2D eigenvalue weighted by molar-refractivity contribution is 7.86. The SMILES string of the molecule is [2H]C1(c2cccc(OC)c2)OC(N)=C(OS(=O)(=O)C([2H])([2H])c2ccccc2)C1=O. The summed E-state index contributed by atoms with van der Waals surface area (Å²) in [7, 11) is -3.63. The van der Waals surface area contributed by atoms with Gasteiger partial charge in [-0.2, -0.15) is 8.42 Å². The van der Waals surface area contributed by atoms with E-state index >= 15 is 0 Å². The molecule has 0 radical (unpaired) electrons. The van der Waals surface area contributed by atoms with Crippen molar-refractivity contribution in [2.45, 2.75) is 11.8 Å². The first kappa shape index (κ1) is 14.2. The van der Waals surface area contributed by atoms with Gasteiger partial charge in [0.1, 0.15) is 11.5 Å². The molecule has 0 bridgehead atoms. The van der Waals surface area contributed by atoms with E-state index in [0.717, 1.165) is 0 Å². The second kappa shape index (κ2) is 7.09. The predicted octanol–water partition coefficient (Wildman–Crippen LogP) is 2.01. The van der Waals surface area contributed by atoms with Gasteiger partial charge >= 0.3 is 10.1 Å². The molecule has 3 rings (SSSR count). The highest BCUT2D eigenvalue weighted by Gasteiger charge is 2.39. The molecule has 1 atom stereocenters. The molecule has 1 heterocycles. The molecule has 2 aromatic rings. The number of hydrogen-bond acceptors (Lipinski definition) is 7. The zero-order valence-electron chi connectivity index (χ0n) is 16.6. The lowest BCUT2D eigenvalue weighted by Gasteiger charge is -2.11. The fourth-order valence-electron chi connectivity index (χ4n) is 2.23. The summed E-state index contributed by atoms with van der Waals surface area (Å²) in [5.41, 5.74) is 2.47. The number of methoxy groups -OCH3 is 1. The maximum Gasteiger partial charge on any atom is 0.313 e. The third-order valence-electron chi connectivity index (χ3n) is 3.39. The van der Waals surface area contributed by atoms with Gasteiger partial charge < -0.3 is 19.4 Å². The van der Waals surface area contributed by atoms with Crippen LogP contribution in [0.15, 0.2) is 66.2 Å². The normalized spacial score (nSPS) is 22.2. The van der Waals surface area contributed by atoms with E-state index in [1.807, 2.05) is 0 Å². The molecule has 0 fully saturated rings.